The van der Waals surface area contributed by atoms with E-state index in [1.165, 1.54) is 17.8 Å². The number of hydrogen-bond acceptors (Lipinski definition) is 3. The summed E-state index contributed by atoms with van der Waals surface area (Å²) in [6.07, 6.45) is 3.95. The molecule has 0 radical (unpaired) electrons. The molecular formula is C21H17F2N3O. The molecule has 4 nitrogen and oxygen atoms in total. The molecule has 0 spiro atoms. The smallest absolute Gasteiger partial charge is 0.257 e. The van der Waals surface area contributed by atoms with Crippen molar-refractivity contribution >= 4 is 23.0 Å². The van der Waals surface area contributed by atoms with Gasteiger partial charge < -0.3 is 10.2 Å². The van der Waals surface area contributed by atoms with Crippen molar-refractivity contribution in [1.29, 1.82) is 0 Å². The van der Waals surface area contributed by atoms with Crippen LogP contribution < -0.4 is 10.2 Å². The second kappa shape index (κ2) is 6.79. The van der Waals surface area contributed by atoms with E-state index in [2.05, 4.69) is 28.2 Å². The van der Waals surface area contributed by atoms with Gasteiger partial charge in [-0.3, -0.25) is 9.78 Å². The van der Waals surface area contributed by atoms with Crippen molar-refractivity contribution in [3.8, 4) is 0 Å². The highest BCUT2D eigenvalue weighted by Gasteiger charge is 2.27. The van der Waals surface area contributed by atoms with E-state index < -0.39 is 23.2 Å². The van der Waals surface area contributed by atoms with Crippen molar-refractivity contribution in [2.24, 2.45) is 0 Å². The zero-order valence-electron chi connectivity index (χ0n) is 14.6. The minimum Gasteiger partial charge on any atom is -0.337 e. The number of halogens is 2. The first kappa shape index (κ1) is 17.1. The van der Waals surface area contributed by atoms with Gasteiger partial charge in [0.25, 0.3) is 5.91 Å². The third kappa shape index (κ3) is 3.14. The highest BCUT2D eigenvalue weighted by atomic mass is 19.1. The maximum absolute atomic E-state index is 13.8. The number of rotatable bonds is 3. The lowest BCUT2D eigenvalue weighted by Gasteiger charge is -2.25. The fourth-order valence-electron chi connectivity index (χ4n) is 3.45. The van der Waals surface area contributed by atoms with Crippen LogP contribution in [0.25, 0.3) is 0 Å². The van der Waals surface area contributed by atoms with Crippen LogP contribution in [0.15, 0.2) is 60.9 Å². The number of anilines is 3. The Bertz CT molecular complexity index is 1000. The molecule has 0 saturated carbocycles. The first-order valence-corrected chi connectivity index (χ1v) is 8.62. The van der Waals surface area contributed by atoms with Gasteiger partial charge in [0.05, 0.1) is 17.4 Å². The molecule has 0 aliphatic carbocycles. The van der Waals surface area contributed by atoms with Crippen molar-refractivity contribution < 1.29 is 13.6 Å². The van der Waals surface area contributed by atoms with E-state index in [1.54, 1.807) is 12.3 Å². The standard InChI is InChI=1S/C21H17F2N3O/c1-13-9-14-5-2-3-8-19(14)26(13)16-10-15(11-24-12-16)21(27)25-20-17(22)6-4-7-18(20)23/h2-8,10-13H,9H2,1H3,(H,25,27). The van der Waals surface area contributed by atoms with Crippen LogP contribution in [-0.4, -0.2) is 16.9 Å². The summed E-state index contributed by atoms with van der Waals surface area (Å²) in [5.41, 5.74) is 2.83. The topological polar surface area (TPSA) is 45.2 Å². The molecule has 0 saturated heterocycles. The predicted octanol–water partition coefficient (Wildman–Crippen LogP) is 4.69. The van der Waals surface area contributed by atoms with Gasteiger partial charge in [-0.2, -0.15) is 0 Å². The van der Waals surface area contributed by atoms with Gasteiger partial charge in [-0.1, -0.05) is 24.3 Å². The molecule has 0 fully saturated rings. The van der Waals surface area contributed by atoms with Gasteiger partial charge in [0.1, 0.15) is 17.3 Å². The molecule has 1 aromatic heterocycles. The molecule has 6 heteroatoms. The van der Waals surface area contributed by atoms with Crippen molar-refractivity contribution in [2.45, 2.75) is 19.4 Å². The summed E-state index contributed by atoms with van der Waals surface area (Å²) in [5.74, 6) is -2.27. The number of para-hydroxylation sites is 2. The van der Waals surface area contributed by atoms with Crippen molar-refractivity contribution in [3.63, 3.8) is 0 Å². The number of amides is 1. The summed E-state index contributed by atoms with van der Waals surface area (Å²) in [7, 11) is 0. The van der Waals surface area contributed by atoms with Gasteiger partial charge in [-0.25, -0.2) is 8.78 Å². The van der Waals surface area contributed by atoms with Crippen molar-refractivity contribution in [1.82, 2.24) is 4.98 Å². The lowest BCUT2D eigenvalue weighted by molar-refractivity contribution is 0.102. The first-order chi connectivity index (χ1) is 13.0. The molecule has 27 heavy (non-hydrogen) atoms. The van der Waals surface area contributed by atoms with Crippen LogP contribution in [0.3, 0.4) is 0 Å². The number of pyridine rings is 1. The predicted molar refractivity (Wildman–Crippen MR) is 100 cm³/mol. The molecule has 2 aromatic carbocycles. The van der Waals surface area contributed by atoms with Crippen LogP contribution in [-0.2, 0) is 6.42 Å². The number of aromatic nitrogens is 1. The number of nitrogens with one attached hydrogen (secondary N) is 1. The Kier molecular flexibility index (Phi) is 4.32. The Morgan fingerprint density at radius 2 is 1.85 bits per heavy atom. The Morgan fingerprint density at radius 1 is 1.11 bits per heavy atom. The molecule has 1 amide bonds. The molecule has 136 valence electrons. The summed E-state index contributed by atoms with van der Waals surface area (Å²) < 4.78 is 27.6. The maximum atomic E-state index is 13.8. The molecule has 1 aliphatic rings. The second-order valence-electron chi connectivity index (χ2n) is 6.53. The fourth-order valence-corrected chi connectivity index (χ4v) is 3.45. The third-order valence-corrected chi connectivity index (χ3v) is 4.67. The molecule has 1 unspecified atom stereocenters. The second-order valence-corrected chi connectivity index (χ2v) is 6.53. The Balaban J connectivity index is 1.64. The van der Waals surface area contributed by atoms with E-state index >= 15 is 0 Å². The van der Waals surface area contributed by atoms with Crippen LogP contribution in [0.5, 0.6) is 0 Å². The van der Waals surface area contributed by atoms with Crippen LogP contribution in [0.2, 0.25) is 0 Å². The minimum absolute atomic E-state index is 0.214. The Labute approximate surface area is 155 Å². The number of benzene rings is 2. The molecule has 1 aliphatic heterocycles. The average molecular weight is 365 g/mol. The van der Waals surface area contributed by atoms with Gasteiger partial charge in [0.2, 0.25) is 0 Å². The fraction of sp³-hybridized carbons (Fsp3) is 0.143. The molecule has 1 N–H and O–H groups in total. The average Bonchev–Trinajstić information content (AvgIpc) is 3.00. The molecule has 4 rings (SSSR count). The third-order valence-electron chi connectivity index (χ3n) is 4.67. The van der Waals surface area contributed by atoms with Crippen LogP contribution in [0.1, 0.15) is 22.8 Å². The SMILES string of the molecule is CC1Cc2ccccc2N1c1cncc(C(=O)Nc2c(F)cccc2F)c1. The number of nitrogens with zero attached hydrogens (tertiary/aromatic N) is 2. The van der Waals surface area contributed by atoms with E-state index in [9.17, 15) is 13.6 Å². The van der Waals surface area contributed by atoms with Crippen molar-refractivity contribution in [3.05, 3.63) is 83.7 Å². The van der Waals surface area contributed by atoms with E-state index in [1.807, 2.05) is 18.2 Å². The van der Waals surface area contributed by atoms with Gasteiger partial charge in [0, 0.05) is 17.9 Å². The molecule has 2 heterocycles. The van der Waals surface area contributed by atoms with Gasteiger partial charge >= 0.3 is 0 Å². The number of fused-ring (bicyclic) bond motifs is 1. The quantitative estimate of drug-likeness (QED) is 0.732. The Morgan fingerprint density at radius 3 is 2.63 bits per heavy atom. The summed E-state index contributed by atoms with van der Waals surface area (Å²) in [6.45, 7) is 2.10. The zero-order valence-corrected chi connectivity index (χ0v) is 14.6. The first-order valence-electron chi connectivity index (χ1n) is 8.62. The van der Waals surface area contributed by atoms with Gasteiger partial charge in [-0.15, -0.1) is 0 Å². The molecular weight excluding hydrogens is 348 g/mol. The largest absolute Gasteiger partial charge is 0.337 e. The Hall–Kier alpha value is -3.28. The number of carbonyl (C=O) groups excluding carboxylic acids is 1. The normalized spacial score (nSPS) is 15.5. The monoisotopic (exact) mass is 365 g/mol. The summed E-state index contributed by atoms with van der Waals surface area (Å²) in [5, 5.41) is 2.30. The highest BCUT2D eigenvalue weighted by Crippen LogP contribution is 2.38. The minimum atomic E-state index is -0.824. The molecule has 1 atom stereocenters. The van der Waals surface area contributed by atoms with Gasteiger partial charge in [0.15, 0.2) is 0 Å². The van der Waals surface area contributed by atoms with Gasteiger partial charge in [-0.05, 0) is 43.2 Å². The summed E-state index contributed by atoms with van der Waals surface area (Å²) in [6, 6.07) is 13.4. The molecule has 0 bridgehead atoms. The number of carbonyl (C=O) groups is 1. The highest BCUT2D eigenvalue weighted by molar-refractivity contribution is 6.04. The van der Waals surface area contributed by atoms with Crippen LogP contribution >= 0.6 is 0 Å². The van der Waals surface area contributed by atoms with E-state index in [4.69, 9.17) is 0 Å². The summed E-state index contributed by atoms with van der Waals surface area (Å²) in [4.78, 5) is 18.8. The lowest BCUT2D eigenvalue weighted by atomic mass is 10.1. The lowest BCUT2D eigenvalue weighted by Crippen LogP contribution is -2.24. The van der Waals surface area contributed by atoms with E-state index in [0.717, 1.165) is 29.9 Å². The summed E-state index contributed by atoms with van der Waals surface area (Å²) >= 11 is 0. The molecule has 3 aromatic rings. The van der Waals surface area contributed by atoms with Crippen molar-refractivity contribution in [2.75, 3.05) is 10.2 Å². The van der Waals surface area contributed by atoms with E-state index in [0.29, 0.717) is 0 Å². The number of hydrogen-bond donors (Lipinski definition) is 1. The maximum Gasteiger partial charge on any atom is 0.257 e. The van der Waals surface area contributed by atoms with E-state index in [-0.39, 0.29) is 11.6 Å². The van der Waals surface area contributed by atoms with Crippen LogP contribution in [0.4, 0.5) is 25.8 Å². The van der Waals surface area contributed by atoms with Crippen LogP contribution in [0, 0.1) is 11.6 Å². The zero-order chi connectivity index (χ0) is 19.0.